The van der Waals surface area contributed by atoms with E-state index in [1.54, 1.807) is 37.6 Å². The molecule has 1 saturated heterocycles. The molecule has 7 heteroatoms. The van der Waals surface area contributed by atoms with Crippen LogP contribution in [0.1, 0.15) is 18.5 Å². The van der Waals surface area contributed by atoms with Crippen LogP contribution in [0.3, 0.4) is 0 Å². The van der Waals surface area contributed by atoms with Crippen molar-refractivity contribution in [1.29, 1.82) is 0 Å². The molecule has 0 radical (unpaired) electrons. The standard InChI is InChI=1S/C23H25FN4O2/c1-14-22(29)9-16(11-27-14)21-13-26-12-20(15-7-17(24)10-19(8-15)30-2)23(21)28-5-3-18(25)4-6-28/h7-13,18,29H,3-6,25H2,1-2H3. The van der Waals surface area contributed by atoms with E-state index in [1.807, 2.05) is 0 Å². The van der Waals surface area contributed by atoms with Gasteiger partial charge in [-0.2, -0.15) is 0 Å². The summed E-state index contributed by atoms with van der Waals surface area (Å²) in [5.41, 5.74) is 10.7. The van der Waals surface area contributed by atoms with E-state index in [-0.39, 0.29) is 17.6 Å². The third-order valence-corrected chi connectivity index (χ3v) is 5.56. The fourth-order valence-electron chi connectivity index (χ4n) is 3.84. The maximum Gasteiger partial charge on any atom is 0.137 e. The van der Waals surface area contributed by atoms with Gasteiger partial charge >= 0.3 is 0 Å². The molecule has 156 valence electrons. The molecule has 1 aliphatic rings. The highest BCUT2D eigenvalue weighted by Crippen LogP contribution is 2.41. The maximum absolute atomic E-state index is 14.3. The van der Waals surface area contributed by atoms with Crippen LogP contribution in [0.5, 0.6) is 11.5 Å². The van der Waals surface area contributed by atoms with Gasteiger partial charge in [-0.05, 0) is 43.5 Å². The molecule has 0 saturated carbocycles. The van der Waals surface area contributed by atoms with Crippen molar-refractivity contribution in [2.24, 2.45) is 5.73 Å². The molecule has 0 spiro atoms. The van der Waals surface area contributed by atoms with Crippen molar-refractivity contribution in [3.63, 3.8) is 0 Å². The number of methoxy groups -OCH3 is 1. The van der Waals surface area contributed by atoms with Crippen molar-refractivity contribution in [2.75, 3.05) is 25.1 Å². The second-order valence-electron chi connectivity index (χ2n) is 7.62. The zero-order valence-electron chi connectivity index (χ0n) is 17.1. The monoisotopic (exact) mass is 408 g/mol. The van der Waals surface area contributed by atoms with Crippen molar-refractivity contribution >= 4 is 5.69 Å². The number of nitrogens with two attached hydrogens (primary N) is 1. The number of ether oxygens (including phenoxy) is 1. The van der Waals surface area contributed by atoms with Gasteiger partial charge in [0.1, 0.15) is 17.3 Å². The Bertz CT molecular complexity index is 1070. The molecule has 30 heavy (non-hydrogen) atoms. The SMILES string of the molecule is COc1cc(F)cc(-c2cncc(-c3cnc(C)c(O)c3)c2N2CCC(N)CC2)c1. The number of hydrogen-bond acceptors (Lipinski definition) is 6. The molecule has 1 aromatic carbocycles. The lowest BCUT2D eigenvalue weighted by Gasteiger charge is -2.35. The van der Waals surface area contributed by atoms with Crippen molar-refractivity contribution in [3.05, 3.63) is 54.4 Å². The first kappa shape index (κ1) is 20.1. The van der Waals surface area contributed by atoms with Gasteiger partial charge in [0.25, 0.3) is 0 Å². The third kappa shape index (κ3) is 3.93. The summed E-state index contributed by atoms with van der Waals surface area (Å²) in [7, 11) is 1.51. The predicted molar refractivity (Wildman–Crippen MR) is 115 cm³/mol. The van der Waals surface area contributed by atoms with Crippen LogP contribution in [0.2, 0.25) is 0 Å². The number of pyridine rings is 2. The molecule has 3 heterocycles. The van der Waals surface area contributed by atoms with E-state index in [0.29, 0.717) is 17.0 Å². The number of aromatic hydroxyl groups is 1. The topological polar surface area (TPSA) is 84.5 Å². The molecule has 3 aromatic rings. The summed E-state index contributed by atoms with van der Waals surface area (Å²) in [6.45, 7) is 3.31. The quantitative estimate of drug-likeness (QED) is 0.681. The molecule has 0 aliphatic carbocycles. The number of anilines is 1. The van der Waals surface area contributed by atoms with Crippen LogP contribution >= 0.6 is 0 Å². The summed E-state index contributed by atoms with van der Waals surface area (Å²) in [5.74, 6) is 0.185. The Kier molecular flexibility index (Phi) is 5.55. The Morgan fingerprint density at radius 2 is 1.77 bits per heavy atom. The predicted octanol–water partition coefficient (Wildman–Crippen LogP) is 3.90. The van der Waals surface area contributed by atoms with Crippen LogP contribution in [0, 0.1) is 12.7 Å². The summed E-state index contributed by atoms with van der Waals surface area (Å²) < 4.78 is 19.5. The molecule has 0 amide bonds. The molecule has 0 unspecified atom stereocenters. The summed E-state index contributed by atoms with van der Waals surface area (Å²) in [5, 5.41) is 10.2. The average Bonchev–Trinajstić information content (AvgIpc) is 2.75. The van der Waals surface area contributed by atoms with Gasteiger partial charge in [0, 0.05) is 60.5 Å². The van der Waals surface area contributed by atoms with Gasteiger partial charge in [-0.15, -0.1) is 0 Å². The Morgan fingerprint density at radius 1 is 1.07 bits per heavy atom. The Labute approximate surface area is 175 Å². The number of aromatic nitrogens is 2. The number of nitrogens with zero attached hydrogens (tertiary/aromatic N) is 3. The lowest BCUT2D eigenvalue weighted by atomic mass is 9.96. The van der Waals surface area contributed by atoms with Gasteiger partial charge < -0.3 is 20.5 Å². The Balaban J connectivity index is 1.92. The second kappa shape index (κ2) is 8.28. The first-order chi connectivity index (χ1) is 14.5. The van der Waals surface area contributed by atoms with Crippen LogP contribution in [0.4, 0.5) is 10.1 Å². The first-order valence-corrected chi connectivity index (χ1v) is 9.95. The van der Waals surface area contributed by atoms with Gasteiger partial charge in [-0.3, -0.25) is 9.97 Å². The largest absolute Gasteiger partial charge is 0.506 e. The second-order valence-corrected chi connectivity index (χ2v) is 7.62. The highest BCUT2D eigenvalue weighted by atomic mass is 19.1. The molecule has 0 atom stereocenters. The number of rotatable bonds is 4. The molecule has 0 bridgehead atoms. The normalized spacial score (nSPS) is 14.7. The number of piperidine rings is 1. The third-order valence-electron chi connectivity index (χ3n) is 5.56. The molecule has 1 aliphatic heterocycles. The van der Waals surface area contributed by atoms with E-state index in [1.165, 1.54) is 19.2 Å². The van der Waals surface area contributed by atoms with Crippen LogP contribution in [0.25, 0.3) is 22.3 Å². The first-order valence-electron chi connectivity index (χ1n) is 9.95. The highest BCUT2D eigenvalue weighted by molar-refractivity contribution is 5.90. The smallest absolute Gasteiger partial charge is 0.137 e. The molecule has 4 rings (SSSR count). The summed E-state index contributed by atoms with van der Waals surface area (Å²) in [6, 6.07) is 6.49. The van der Waals surface area contributed by atoms with E-state index in [4.69, 9.17) is 10.5 Å². The Morgan fingerprint density at radius 3 is 2.43 bits per heavy atom. The van der Waals surface area contributed by atoms with E-state index < -0.39 is 0 Å². The lowest BCUT2D eigenvalue weighted by Crippen LogP contribution is -2.40. The molecule has 6 nitrogen and oxygen atoms in total. The van der Waals surface area contributed by atoms with Crippen molar-refractivity contribution in [1.82, 2.24) is 9.97 Å². The van der Waals surface area contributed by atoms with Gasteiger partial charge in [0.2, 0.25) is 0 Å². The molecule has 3 N–H and O–H groups in total. The fraction of sp³-hybridized carbons (Fsp3) is 0.304. The van der Waals surface area contributed by atoms with E-state index >= 15 is 0 Å². The maximum atomic E-state index is 14.3. The van der Waals surface area contributed by atoms with Crippen LogP contribution in [0.15, 0.2) is 42.9 Å². The minimum atomic E-state index is -0.379. The molecule has 1 fully saturated rings. The average molecular weight is 408 g/mol. The summed E-state index contributed by atoms with van der Waals surface area (Å²) >= 11 is 0. The van der Waals surface area contributed by atoms with Crippen molar-refractivity contribution in [3.8, 4) is 33.8 Å². The van der Waals surface area contributed by atoms with E-state index in [2.05, 4.69) is 14.9 Å². The van der Waals surface area contributed by atoms with E-state index in [9.17, 15) is 9.50 Å². The minimum absolute atomic E-state index is 0.122. The number of aryl methyl sites for hydroxylation is 1. The van der Waals surface area contributed by atoms with Crippen LogP contribution in [-0.4, -0.2) is 41.3 Å². The van der Waals surface area contributed by atoms with Crippen molar-refractivity contribution < 1.29 is 14.2 Å². The summed E-state index contributed by atoms with van der Waals surface area (Å²) in [6.07, 6.45) is 6.95. The number of hydrogen-bond donors (Lipinski definition) is 2. The zero-order valence-corrected chi connectivity index (χ0v) is 17.1. The van der Waals surface area contributed by atoms with Crippen molar-refractivity contribution in [2.45, 2.75) is 25.8 Å². The Hall–Kier alpha value is -3.19. The van der Waals surface area contributed by atoms with Gasteiger partial charge in [-0.25, -0.2) is 4.39 Å². The number of halogens is 1. The minimum Gasteiger partial charge on any atom is -0.506 e. The number of benzene rings is 1. The molecule has 2 aromatic heterocycles. The fourth-order valence-corrected chi connectivity index (χ4v) is 3.84. The lowest BCUT2D eigenvalue weighted by molar-refractivity contribution is 0.411. The van der Waals surface area contributed by atoms with Gasteiger partial charge in [0.05, 0.1) is 18.5 Å². The van der Waals surface area contributed by atoms with Crippen LogP contribution in [-0.2, 0) is 0 Å². The highest BCUT2D eigenvalue weighted by Gasteiger charge is 2.24. The summed E-state index contributed by atoms with van der Waals surface area (Å²) in [4.78, 5) is 11.0. The van der Waals surface area contributed by atoms with E-state index in [0.717, 1.165) is 48.3 Å². The van der Waals surface area contributed by atoms with Gasteiger partial charge in [-0.1, -0.05) is 0 Å². The van der Waals surface area contributed by atoms with Crippen LogP contribution < -0.4 is 15.4 Å². The zero-order chi connectivity index (χ0) is 21.3. The molecular formula is C23H25FN4O2. The molecular weight excluding hydrogens is 383 g/mol. The van der Waals surface area contributed by atoms with Gasteiger partial charge in [0.15, 0.2) is 0 Å².